The third kappa shape index (κ3) is 2.74. The lowest BCUT2D eigenvalue weighted by atomic mass is 10.2. The summed E-state index contributed by atoms with van der Waals surface area (Å²) in [6.07, 6.45) is 0. The molecule has 0 atom stereocenters. The normalized spacial score (nSPS) is 11.0. The van der Waals surface area contributed by atoms with E-state index in [0.29, 0.717) is 6.54 Å². The molecule has 3 aromatic rings. The maximum Gasteiger partial charge on any atom is 0.0894 e. The van der Waals surface area contributed by atoms with Crippen LogP contribution < -0.4 is 5.32 Å². The van der Waals surface area contributed by atoms with Gasteiger partial charge in [-0.15, -0.1) is 0 Å². The third-order valence-electron chi connectivity index (χ3n) is 3.60. The van der Waals surface area contributed by atoms with E-state index in [1.807, 2.05) is 28.9 Å². The molecule has 0 amide bonds. The van der Waals surface area contributed by atoms with E-state index in [1.165, 1.54) is 16.5 Å². The molecule has 4 heteroatoms. The van der Waals surface area contributed by atoms with Gasteiger partial charge in [-0.25, -0.2) is 0 Å². The number of para-hydroxylation sites is 1. The van der Waals surface area contributed by atoms with Gasteiger partial charge in [0.15, 0.2) is 0 Å². The van der Waals surface area contributed by atoms with Gasteiger partial charge in [0.25, 0.3) is 0 Å². The van der Waals surface area contributed by atoms with E-state index in [2.05, 4.69) is 42.5 Å². The fourth-order valence-corrected chi connectivity index (χ4v) is 2.71. The number of fused-ring (bicyclic) bond motifs is 1. The number of anilines is 1. The monoisotopic (exact) mass is 299 g/mol. The summed E-state index contributed by atoms with van der Waals surface area (Å²) in [5.41, 5.74) is 4.36. The van der Waals surface area contributed by atoms with Crippen molar-refractivity contribution in [3.63, 3.8) is 0 Å². The van der Waals surface area contributed by atoms with Crippen LogP contribution in [0.25, 0.3) is 10.9 Å². The van der Waals surface area contributed by atoms with Crippen molar-refractivity contribution in [2.75, 3.05) is 5.32 Å². The fourth-order valence-electron chi connectivity index (χ4n) is 2.52. The highest BCUT2D eigenvalue weighted by Crippen LogP contribution is 2.25. The zero-order chi connectivity index (χ0) is 14.8. The van der Waals surface area contributed by atoms with Crippen molar-refractivity contribution in [2.24, 2.45) is 0 Å². The van der Waals surface area contributed by atoms with Crippen LogP contribution in [0.1, 0.15) is 18.2 Å². The topological polar surface area (TPSA) is 29.9 Å². The number of benzene rings is 2. The smallest absolute Gasteiger partial charge is 0.0894 e. The van der Waals surface area contributed by atoms with Crippen molar-refractivity contribution < 1.29 is 0 Å². The summed E-state index contributed by atoms with van der Waals surface area (Å²) in [6.45, 7) is 5.69. The number of hydrogen-bond donors (Lipinski definition) is 1. The van der Waals surface area contributed by atoms with Gasteiger partial charge in [0.1, 0.15) is 0 Å². The Morgan fingerprint density at radius 2 is 2.00 bits per heavy atom. The summed E-state index contributed by atoms with van der Waals surface area (Å²) in [5.74, 6) is 0. The second-order valence-electron chi connectivity index (χ2n) is 5.12. The summed E-state index contributed by atoms with van der Waals surface area (Å²) < 4.78 is 2.03. The molecule has 0 spiro atoms. The third-order valence-corrected chi connectivity index (χ3v) is 3.93. The summed E-state index contributed by atoms with van der Waals surface area (Å²) in [7, 11) is 0. The molecule has 0 radical (unpaired) electrons. The first-order valence-electron chi connectivity index (χ1n) is 7.13. The van der Waals surface area contributed by atoms with Gasteiger partial charge in [-0.2, -0.15) is 5.10 Å². The minimum absolute atomic E-state index is 0.663. The maximum atomic E-state index is 6.23. The van der Waals surface area contributed by atoms with Crippen molar-refractivity contribution >= 4 is 28.2 Å². The van der Waals surface area contributed by atoms with E-state index in [9.17, 15) is 0 Å². The molecule has 0 aliphatic heterocycles. The van der Waals surface area contributed by atoms with Gasteiger partial charge in [0.2, 0.25) is 0 Å². The van der Waals surface area contributed by atoms with Crippen molar-refractivity contribution in [1.82, 2.24) is 9.78 Å². The lowest BCUT2D eigenvalue weighted by Gasteiger charge is -2.08. The molecule has 0 aliphatic carbocycles. The number of halogens is 1. The fraction of sp³-hybridized carbons (Fsp3) is 0.235. The molecule has 0 aliphatic rings. The quantitative estimate of drug-likeness (QED) is 0.761. The standard InChI is InChI=1S/C17H18ClN3/c1-3-21-17-7-5-4-6-13(17)16(20-21)11-19-15-10-12(2)8-9-14(15)18/h4-10,19H,3,11H2,1-2H3. The first-order valence-corrected chi connectivity index (χ1v) is 7.51. The minimum Gasteiger partial charge on any atom is -0.378 e. The van der Waals surface area contributed by atoms with Crippen LogP contribution in [-0.2, 0) is 13.1 Å². The van der Waals surface area contributed by atoms with Crippen molar-refractivity contribution in [2.45, 2.75) is 26.9 Å². The second kappa shape index (κ2) is 5.78. The van der Waals surface area contributed by atoms with Crippen molar-refractivity contribution in [3.05, 3.63) is 58.7 Å². The first-order chi connectivity index (χ1) is 10.2. The number of nitrogens with one attached hydrogen (secondary N) is 1. The van der Waals surface area contributed by atoms with Crippen LogP contribution in [0, 0.1) is 6.92 Å². The van der Waals surface area contributed by atoms with E-state index >= 15 is 0 Å². The van der Waals surface area contributed by atoms with Gasteiger partial charge in [0, 0.05) is 11.9 Å². The van der Waals surface area contributed by atoms with Crippen LogP contribution in [0.15, 0.2) is 42.5 Å². The van der Waals surface area contributed by atoms with Crippen LogP contribution in [0.5, 0.6) is 0 Å². The molecule has 21 heavy (non-hydrogen) atoms. The van der Waals surface area contributed by atoms with E-state index in [0.717, 1.165) is 22.9 Å². The van der Waals surface area contributed by atoms with Crippen LogP contribution >= 0.6 is 11.6 Å². The molecule has 0 unspecified atom stereocenters. The molecule has 1 N–H and O–H groups in total. The molecule has 0 bridgehead atoms. The van der Waals surface area contributed by atoms with Gasteiger partial charge in [-0.05, 0) is 37.6 Å². The van der Waals surface area contributed by atoms with Crippen molar-refractivity contribution in [1.29, 1.82) is 0 Å². The Bertz CT molecular complexity index is 777. The predicted molar refractivity (Wildman–Crippen MR) is 88.9 cm³/mol. The zero-order valence-corrected chi connectivity index (χ0v) is 13.0. The van der Waals surface area contributed by atoms with Crippen LogP contribution in [0.4, 0.5) is 5.69 Å². The average molecular weight is 300 g/mol. The average Bonchev–Trinajstić information content (AvgIpc) is 2.86. The van der Waals surface area contributed by atoms with E-state index in [-0.39, 0.29) is 0 Å². The molecule has 0 fully saturated rings. The van der Waals surface area contributed by atoms with Crippen LogP contribution in [0.2, 0.25) is 5.02 Å². The molecule has 1 aromatic heterocycles. The summed E-state index contributed by atoms with van der Waals surface area (Å²) in [6, 6.07) is 14.3. The molecule has 3 nitrogen and oxygen atoms in total. The summed E-state index contributed by atoms with van der Waals surface area (Å²) in [4.78, 5) is 0. The molecule has 108 valence electrons. The zero-order valence-electron chi connectivity index (χ0n) is 12.2. The van der Waals surface area contributed by atoms with Gasteiger partial charge >= 0.3 is 0 Å². The Morgan fingerprint density at radius 1 is 1.19 bits per heavy atom. The van der Waals surface area contributed by atoms with E-state index in [4.69, 9.17) is 11.6 Å². The molecule has 0 saturated heterocycles. The Morgan fingerprint density at radius 3 is 2.81 bits per heavy atom. The van der Waals surface area contributed by atoms with E-state index < -0.39 is 0 Å². The van der Waals surface area contributed by atoms with Crippen LogP contribution in [-0.4, -0.2) is 9.78 Å². The lowest BCUT2D eigenvalue weighted by Crippen LogP contribution is -2.03. The maximum absolute atomic E-state index is 6.23. The Labute approximate surface area is 129 Å². The molecular weight excluding hydrogens is 282 g/mol. The number of rotatable bonds is 4. The van der Waals surface area contributed by atoms with Gasteiger partial charge in [-0.1, -0.05) is 35.9 Å². The number of hydrogen-bond acceptors (Lipinski definition) is 2. The number of nitrogens with zero attached hydrogens (tertiary/aromatic N) is 2. The second-order valence-corrected chi connectivity index (χ2v) is 5.52. The van der Waals surface area contributed by atoms with Gasteiger partial charge in [-0.3, -0.25) is 4.68 Å². The Hall–Kier alpha value is -2.00. The molecular formula is C17H18ClN3. The van der Waals surface area contributed by atoms with Gasteiger partial charge in [0.05, 0.1) is 28.5 Å². The SMILES string of the molecule is CCn1nc(CNc2cc(C)ccc2Cl)c2ccccc21. The Balaban J connectivity index is 1.90. The van der Waals surface area contributed by atoms with E-state index in [1.54, 1.807) is 0 Å². The Kier molecular flexibility index (Phi) is 3.84. The van der Waals surface area contributed by atoms with Crippen molar-refractivity contribution in [3.8, 4) is 0 Å². The summed E-state index contributed by atoms with van der Waals surface area (Å²) in [5, 5.41) is 10.0. The first kappa shape index (κ1) is 14.0. The summed E-state index contributed by atoms with van der Waals surface area (Å²) >= 11 is 6.23. The number of aromatic nitrogens is 2. The number of aryl methyl sites for hydroxylation is 2. The molecule has 3 rings (SSSR count). The highest BCUT2D eigenvalue weighted by atomic mass is 35.5. The molecule has 0 saturated carbocycles. The molecule has 1 heterocycles. The minimum atomic E-state index is 0.663. The highest BCUT2D eigenvalue weighted by molar-refractivity contribution is 6.33. The highest BCUT2D eigenvalue weighted by Gasteiger charge is 2.09. The van der Waals surface area contributed by atoms with Gasteiger partial charge < -0.3 is 5.32 Å². The van der Waals surface area contributed by atoms with Crippen LogP contribution in [0.3, 0.4) is 0 Å². The molecule has 2 aromatic carbocycles. The largest absolute Gasteiger partial charge is 0.378 e. The lowest BCUT2D eigenvalue weighted by molar-refractivity contribution is 0.671. The predicted octanol–water partition coefficient (Wildman–Crippen LogP) is 4.63.